The van der Waals surface area contributed by atoms with E-state index in [-0.39, 0.29) is 23.2 Å². The minimum Gasteiger partial charge on any atom is -0.490 e. The van der Waals surface area contributed by atoms with E-state index >= 15 is 0 Å². The van der Waals surface area contributed by atoms with Gasteiger partial charge >= 0.3 is 0 Å². The molecule has 0 aromatic heterocycles. The number of hydrogen-bond donors (Lipinski definition) is 2. The van der Waals surface area contributed by atoms with Crippen LogP contribution in [0.4, 0.5) is 5.69 Å². The lowest BCUT2D eigenvalue weighted by molar-refractivity contribution is -0.0952. The number of ether oxygens (including phenoxy) is 1. The molecule has 0 saturated heterocycles. The van der Waals surface area contributed by atoms with Crippen LogP contribution in [-0.4, -0.2) is 50.0 Å². The monoisotopic (exact) mass is 638 g/mol. The molecule has 44 heavy (non-hydrogen) atoms. The maximum absolute atomic E-state index is 13.5. The van der Waals surface area contributed by atoms with E-state index in [1.165, 1.54) is 11.1 Å². The molecule has 0 unspecified atom stereocenters. The molecule has 2 aromatic carbocycles. The first kappa shape index (κ1) is 30.1. The van der Waals surface area contributed by atoms with Gasteiger partial charge in [0.25, 0.3) is 5.91 Å². The second-order valence-electron chi connectivity index (χ2n) is 14.3. The summed E-state index contributed by atoms with van der Waals surface area (Å²) in [5.74, 6) is 0.427. The van der Waals surface area contributed by atoms with Gasteiger partial charge in [-0.2, -0.15) is 0 Å². The number of rotatable bonds is 0. The molecule has 9 heteroatoms. The highest BCUT2D eigenvalue weighted by Gasteiger charge is 2.50. The fourth-order valence-electron chi connectivity index (χ4n) is 8.82. The molecular formula is C35H43ClN2O5S. The third-order valence-corrected chi connectivity index (χ3v) is 13.7. The summed E-state index contributed by atoms with van der Waals surface area (Å²) in [6, 6.07) is 11.5. The van der Waals surface area contributed by atoms with Crippen LogP contribution in [0.3, 0.4) is 0 Å². The van der Waals surface area contributed by atoms with Crippen LogP contribution in [-0.2, 0) is 21.9 Å². The number of halogens is 1. The summed E-state index contributed by atoms with van der Waals surface area (Å²) in [6.07, 6.45) is 11.2. The van der Waals surface area contributed by atoms with Gasteiger partial charge in [0, 0.05) is 29.1 Å². The second kappa shape index (κ2) is 11.1. The summed E-state index contributed by atoms with van der Waals surface area (Å²) < 4.78 is 35.8. The Hall–Kier alpha value is -2.55. The number of carbonyl (C=O) groups excluding carboxylic acids is 1. The summed E-state index contributed by atoms with van der Waals surface area (Å²) in [4.78, 5) is 15.8. The Morgan fingerprint density at radius 1 is 1.14 bits per heavy atom. The number of amides is 1. The van der Waals surface area contributed by atoms with Gasteiger partial charge in [-0.25, -0.2) is 13.1 Å². The highest BCUT2D eigenvalue weighted by molar-refractivity contribution is 7.90. The first-order valence-electron chi connectivity index (χ1n) is 16.2. The van der Waals surface area contributed by atoms with E-state index in [9.17, 15) is 18.3 Å². The number of allylic oxidation sites excluding steroid dienone is 1. The number of sulfonamides is 1. The van der Waals surface area contributed by atoms with E-state index in [1.807, 2.05) is 19.1 Å². The van der Waals surface area contributed by atoms with Crippen LogP contribution in [0.5, 0.6) is 5.75 Å². The molecule has 5 aliphatic rings. The van der Waals surface area contributed by atoms with Crippen LogP contribution in [0.2, 0.25) is 5.02 Å². The summed E-state index contributed by atoms with van der Waals surface area (Å²) in [5.41, 5.74) is 2.56. The average Bonchev–Trinajstić information content (AvgIpc) is 3.10. The van der Waals surface area contributed by atoms with Gasteiger partial charge in [-0.1, -0.05) is 36.7 Å². The number of aliphatic hydroxyl groups is 1. The molecule has 1 fully saturated rings. The molecule has 2 aliphatic heterocycles. The van der Waals surface area contributed by atoms with Gasteiger partial charge in [-0.05, 0) is 123 Å². The lowest BCUT2D eigenvalue weighted by Crippen LogP contribution is -2.54. The second-order valence-corrected chi connectivity index (χ2v) is 16.8. The van der Waals surface area contributed by atoms with Crippen molar-refractivity contribution in [2.24, 2.45) is 23.7 Å². The zero-order valence-electron chi connectivity index (χ0n) is 25.6. The number of benzene rings is 2. The van der Waals surface area contributed by atoms with E-state index in [1.54, 1.807) is 19.1 Å². The fourth-order valence-corrected chi connectivity index (χ4v) is 10.3. The molecule has 1 saturated carbocycles. The standard InChI is InChI=1S/C35H43ClN2O5S/c1-22-15-24-5-3-14-35(40,18-24)30-10-7-27(30)19-38-20-34(13-4-6-25-16-28(36)9-11-29(25)34)21-43-32-12-8-26(17-31(32)38)33(39)37-44(41,42)23(22)2/h3,5,8-9,11-12,16-17,22-24,27,30,40H,4,6-7,10,13-15,18-21H2,1-2H3,(H,37,39)/t22-,23+,24-,27-,30+,34-,35+/m0/s1. The average molecular weight is 639 g/mol. The molecule has 2 heterocycles. The van der Waals surface area contributed by atoms with E-state index < -0.39 is 26.8 Å². The Labute approximate surface area is 266 Å². The number of aryl methyl sites for hydroxylation is 1. The summed E-state index contributed by atoms with van der Waals surface area (Å²) >= 11 is 6.42. The van der Waals surface area contributed by atoms with Gasteiger partial charge in [0.05, 0.1) is 23.1 Å². The van der Waals surface area contributed by atoms with Gasteiger partial charge in [0.1, 0.15) is 5.75 Å². The molecule has 2 aromatic rings. The maximum atomic E-state index is 13.5. The predicted molar refractivity (Wildman–Crippen MR) is 173 cm³/mol. The third-order valence-electron chi connectivity index (χ3n) is 11.6. The Bertz CT molecular complexity index is 1610. The highest BCUT2D eigenvalue weighted by atomic mass is 35.5. The van der Waals surface area contributed by atoms with E-state index in [0.29, 0.717) is 49.6 Å². The van der Waals surface area contributed by atoms with Crippen molar-refractivity contribution in [3.63, 3.8) is 0 Å². The first-order chi connectivity index (χ1) is 21.0. The molecule has 2 N–H and O–H groups in total. The van der Waals surface area contributed by atoms with E-state index in [0.717, 1.165) is 49.4 Å². The Morgan fingerprint density at radius 3 is 2.77 bits per heavy atom. The van der Waals surface area contributed by atoms with Crippen LogP contribution >= 0.6 is 11.6 Å². The molecule has 7 rings (SSSR count). The molecular weight excluding hydrogens is 596 g/mol. The number of nitrogens with zero attached hydrogens (tertiary/aromatic N) is 1. The van der Waals surface area contributed by atoms with Gasteiger partial charge in [0.15, 0.2) is 0 Å². The van der Waals surface area contributed by atoms with Gasteiger partial charge in [-0.15, -0.1) is 0 Å². The minimum absolute atomic E-state index is 0.0889. The number of hydrogen-bond acceptors (Lipinski definition) is 6. The molecule has 3 aliphatic carbocycles. The highest BCUT2D eigenvalue weighted by Crippen LogP contribution is 2.51. The van der Waals surface area contributed by atoms with Crippen LogP contribution in [0.15, 0.2) is 48.6 Å². The lowest BCUT2D eigenvalue weighted by atomic mass is 9.59. The summed E-state index contributed by atoms with van der Waals surface area (Å²) in [7, 11) is -3.93. The van der Waals surface area contributed by atoms with Crippen LogP contribution in [0, 0.1) is 23.7 Å². The number of anilines is 1. The Kier molecular flexibility index (Phi) is 7.57. The van der Waals surface area contributed by atoms with Crippen molar-refractivity contribution in [2.45, 2.75) is 81.5 Å². The Balaban J connectivity index is 1.32. The van der Waals surface area contributed by atoms with Gasteiger partial charge < -0.3 is 14.7 Å². The zero-order chi connectivity index (χ0) is 30.9. The molecule has 1 amide bonds. The lowest BCUT2D eigenvalue weighted by Gasteiger charge is -2.51. The van der Waals surface area contributed by atoms with Crippen molar-refractivity contribution >= 4 is 33.2 Å². The predicted octanol–water partition coefficient (Wildman–Crippen LogP) is 6.02. The van der Waals surface area contributed by atoms with E-state index in [2.05, 4.69) is 33.9 Å². The van der Waals surface area contributed by atoms with E-state index in [4.69, 9.17) is 16.3 Å². The van der Waals surface area contributed by atoms with Crippen molar-refractivity contribution < 1.29 is 23.1 Å². The first-order valence-corrected chi connectivity index (χ1v) is 18.1. The zero-order valence-corrected chi connectivity index (χ0v) is 27.2. The normalized spacial score (nSPS) is 36.2. The quantitative estimate of drug-likeness (QED) is 0.343. The smallest absolute Gasteiger partial charge is 0.264 e. The molecule has 4 bridgehead atoms. The molecule has 236 valence electrons. The number of nitrogens with one attached hydrogen (secondary N) is 1. The molecule has 7 atom stereocenters. The van der Waals surface area contributed by atoms with Gasteiger partial charge in [0.2, 0.25) is 10.0 Å². The maximum Gasteiger partial charge on any atom is 0.264 e. The van der Waals surface area contributed by atoms with Crippen molar-refractivity contribution in [3.05, 3.63) is 70.3 Å². The van der Waals surface area contributed by atoms with Crippen LogP contribution in [0.1, 0.15) is 80.3 Å². The topological polar surface area (TPSA) is 95.9 Å². The number of carbonyl (C=O) groups is 1. The fraction of sp³-hybridized carbons (Fsp3) is 0.571. The molecule has 1 spiro atoms. The molecule has 0 radical (unpaired) electrons. The molecule has 7 nitrogen and oxygen atoms in total. The minimum atomic E-state index is -3.93. The largest absolute Gasteiger partial charge is 0.490 e. The van der Waals surface area contributed by atoms with Crippen LogP contribution in [0.25, 0.3) is 0 Å². The number of fused-ring (bicyclic) bond motifs is 7. The van der Waals surface area contributed by atoms with Crippen molar-refractivity contribution in [3.8, 4) is 5.75 Å². The van der Waals surface area contributed by atoms with Crippen molar-refractivity contribution in [1.29, 1.82) is 0 Å². The van der Waals surface area contributed by atoms with Crippen molar-refractivity contribution in [1.82, 2.24) is 4.72 Å². The van der Waals surface area contributed by atoms with Crippen molar-refractivity contribution in [2.75, 3.05) is 24.6 Å². The van der Waals surface area contributed by atoms with Gasteiger partial charge in [-0.3, -0.25) is 4.79 Å². The van der Waals surface area contributed by atoms with Crippen LogP contribution < -0.4 is 14.4 Å². The summed E-state index contributed by atoms with van der Waals surface area (Å²) in [6.45, 7) is 5.54. The Morgan fingerprint density at radius 2 is 1.98 bits per heavy atom. The summed E-state index contributed by atoms with van der Waals surface area (Å²) in [5, 5.41) is 12.1. The SMILES string of the molecule is C[C@@H]1[C@@H](C)C[C@@H]2C=CC[C@@](O)(C2)[C@@H]2CC[C@H]2CN2C[C@@]3(CCCc4cc(Cl)ccc43)COc3ccc(cc32)C(=O)NS1(=O)=O. The third kappa shape index (κ3) is 5.25.